The van der Waals surface area contributed by atoms with Crippen molar-refractivity contribution >= 4 is 32.1 Å². The van der Waals surface area contributed by atoms with Crippen molar-refractivity contribution in [2.75, 3.05) is 6.61 Å². The van der Waals surface area contributed by atoms with E-state index in [4.69, 9.17) is 24.1 Å². The number of rotatable bonds is 5. The normalized spacial score (nSPS) is 24.1. The van der Waals surface area contributed by atoms with Gasteiger partial charge < -0.3 is 0 Å². The van der Waals surface area contributed by atoms with Gasteiger partial charge in [0.05, 0.1) is 0 Å². The molecule has 0 amide bonds. The third kappa shape index (κ3) is 8.86. The van der Waals surface area contributed by atoms with E-state index in [1.165, 1.54) is 41.0 Å². The molecule has 3 aliphatic rings. The Morgan fingerprint density at radius 2 is 1.08 bits per heavy atom. The average Bonchev–Trinajstić information content (AvgIpc) is 2.70. The van der Waals surface area contributed by atoms with Gasteiger partial charge in [-0.2, -0.15) is 0 Å². The van der Waals surface area contributed by atoms with Crippen molar-refractivity contribution in [1.29, 1.82) is 0 Å². The Morgan fingerprint density at radius 3 is 1.31 bits per heavy atom. The molecule has 0 heterocycles. The first-order valence-corrected chi connectivity index (χ1v) is 18.0. The summed E-state index contributed by atoms with van der Waals surface area (Å²) in [6.07, 6.45) is 23.6. The first-order chi connectivity index (χ1) is 12.7. The summed E-state index contributed by atoms with van der Waals surface area (Å²) in [5.74, 6) is 0. The summed E-state index contributed by atoms with van der Waals surface area (Å²) in [7, 11) is 11.2. The van der Waals surface area contributed by atoms with Gasteiger partial charge in [0.25, 0.3) is 0 Å². The fourth-order valence-electron chi connectivity index (χ4n) is 5.14. The molecule has 26 heavy (non-hydrogen) atoms. The molecular weight excluding hydrogens is 471 g/mol. The van der Waals surface area contributed by atoms with Gasteiger partial charge in [-0.15, -0.1) is 0 Å². The Morgan fingerprint density at radius 1 is 0.731 bits per heavy atom. The second-order valence-electron chi connectivity index (χ2n) is 8.07. The van der Waals surface area contributed by atoms with Gasteiger partial charge in [-0.25, -0.2) is 0 Å². The Bertz CT molecular complexity index is 343. The van der Waals surface area contributed by atoms with E-state index in [1.807, 2.05) is 6.92 Å². The summed E-state index contributed by atoms with van der Waals surface area (Å²) < 4.78 is 4.77. The topological polar surface area (TPSA) is 9.23 Å². The van der Waals surface area contributed by atoms with Crippen molar-refractivity contribution in [2.45, 2.75) is 120 Å². The standard InChI is InChI=1S/C18H33P.C3H6O.2ClH.Ru/c1-4-10-16(11-5-1)19(17-12-6-2-7-13-17)18-14-8-3-9-15-18;1-3-4-2;;;/h16-18H,1-15H2;2H,3H2,1H3;2*1H;/q;;;;+2/p-2. The van der Waals surface area contributed by atoms with Crippen molar-refractivity contribution < 1.29 is 18.3 Å². The number of hydrogen-bond donors (Lipinski definition) is 0. The first-order valence-electron chi connectivity index (χ1n) is 10.9. The molecule has 5 heteroatoms. The van der Waals surface area contributed by atoms with Crippen molar-refractivity contribution in [3.05, 3.63) is 0 Å². The number of halogens is 2. The number of ether oxygens (including phenoxy) is 1. The summed E-state index contributed by atoms with van der Waals surface area (Å²) in [6.45, 7) is 2.55. The third-order valence-corrected chi connectivity index (χ3v) is 11.7. The van der Waals surface area contributed by atoms with Crippen LogP contribution >= 0.6 is 27.3 Å². The molecule has 3 aliphatic carbocycles. The molecular formula is C21H39Cl2OPRu. The van der Waals surface area contributed by atoms with E-state index in [0.717, 1.165) is 0 Å². The van der Waals surface area contributed by atoms with Gasteiger partial charge >= 0.3 is 56.0 Å². The molecule has 0 spiro atoms. The summed E-state index contributed by atoms with van der Waals surface area (Å²) in [6, 6.07) is 0. The van der Waals surface area contributed by atoms with E-state index in [1.54, 1.807) is 77.0 Å². The Kier molecular flexibility index (Phi) is 13.2. The molecule has 0 bridgehead atoms. The van der Waals surface area contributed by atoms with Crippen LogP contribution in [0.4, 0.5) is 0 Å². The van der Waals surface area contributed by atoms with E-state index in [-0.39, 0.29) is 0 Å². The van der Waals surface area contributed by atoms with Crippen molar-refractivity contribution in [2.24, 2.45) is 0 Å². The molecule has 3 rings (SSSR count). The maximum absolute atomic E-state index is 5.38. The van der Waals surface area contributed by atoms with E-state index in [9.17, 15) is 0 Å². The molecule has 0 saturated heterocycles. The molecule has 1 nitrogen and oxygen atoms in total. The van der Waals surface area contributed by atoms with Gasteiger partial charge in [-0.3, -0.25) is 0 Å². The molecule has 0 unspecified atom stereocenters. The van der Waals surface area contributed by atoms with Crippen LogP contribution < -0.4 is 0 Å². The van der Waals surface area contributed by atoms with Gasteiger partial charge in [0.2, 0.25) is 0 Å². The summed E-state index contributed by atoms with van der Waals surface area (Å²) >= 11 is -1.63. The van der Waals surface area contributed by atoms with Crippen LogP contribution in [0.2, 0.25) is 0 Å². The van der Waals surface area contributed by atoms with Crippen LogP contribution in [0.3, 0.4) is 0 Å². The van der Waals surface area contributed by atoms with Crippen molar-refractivity contribution in [3.63, 3.8) is 0 Å². The molecule has 156 valence electrons. The second kappa shape index (κ2) is 14.4. The quantitative estimate of drug-likeness (QED) is 0.268. The summed E-state index contributed by atoms with van der Waals surface area (Å²) in [4.78, 5) is 1.52. The first kappa shape index (κ1) is 23.7. The van der Waals surface area contributed by atoms with E-state index in [0.29, 0.717) is 14.5 Å². The van der Waals surface area contributed by atoms with Crippen LogP contribution in [0, 0.1) is 0 Å². The van der Waals surface area contributed by atoms with E-state index >= 15 is 0 Å². The summed E-state index contributed by atoms with van der Waals surface area (Å²) in [5.41, 5.74) is 3.57. The molecule has 0 aromatic carbocycles. The van der Waals surface area contributed by atoms with Gasteiger partial charge in [0.1, 0.15) is 0 Å². The monoisotopic (exact) mass is 510 g/mol. The van der Waals surface area contributed by atoms with Crippen LogP contribution in [-0.4, -0.2) is 28.4 Å². The zero-order valence-corrected chi connectivity index (χ0v) is 20.7. The van der Waals surface area contributed by atoms with Crippen LogP contribution in [0.1, 0.15) is 103 Å². The third-order valence-electron chi connectivity index (χ3n) is 6.28. The second-order valence-corrected chi connectivity index (χ2v) is 16.8. The number of hydrogen-bond acceptors (Lipinski definition) is 1. The van der Waals surface area contributed by atoms with Crippen LogP contribution in [-0.2, 0) is 18.3 Å². The molecule has 3 saturated carbocycles. The molecule has 0 aromatic rings. The molecule has 3 fully saturated rings. The van der Waals surface area contributed by atoms with Crippen molar-refractivity contribution in [1.82, 2.24) is 0 Å². The molecule has 0 atom stereocenters. The minimum atomic E-state index is -1.63. The fourth-order valence-corrected chi connectivity index (χ4v) is 10.8. The Labute approximate surface area is 176 Å². The zero-order valence-electron chi connectivity index (χ0n) is 16.6. The predicted molar refractivity (Wildman–Crippen MR) is 117 cm³/mol. The fraction of sp³-hybridized carbons (Fsp3) is 0.952. The van der Waals surface area contributed by atoms with Gasteiger partial charge in [0.15, 0.2) is 0 Å². The minimum absolute atomic E-state index is 0.385. The zero-order chi connectivity index (χ0) is 18.6. The van der Waals surface area contributed by atoms with Crippen LogP contribution in [0.5, 0.6) is 0 Å². The maximum atomic E-state index is 5.38. The SMILES string of the molecule is C1CCC(P(C2CCCCC2)C2CCCCC2)CC1.CCO[CH]=[Ru]([Cl])[Cl]. The van der Waals surface area contributed by atoms with Gasteiger partial charge in [-0.05, 0) is 55.5 Å². The van der Waals surface area contributed by atoms with Crippen LogP contribution in [0.25, 0.3) is 0 Å². The molecule has 0 aromatic heterocycles. The van der Waals surface area contributed by atoms with Gasteiger partial charge in [0, 0.05) is 0 Å². The van der Waals surface area contributed by atoms with Gasteiger partial charge in [-0.1, -0.05) is 65.7 Å². The molecule has 0 N–H and O–H groups in total. The molecule has 0 radical (unpaired) electrons. The predicted octanol–water partition coefficient (Wildman–Crippen LogP) is 8.17. The van der Waals surface area contributed by atoms with E-state index in [2.05, 4.69) is 0 Å². The summed E-state index contributed by atoms with van der Waals surface area (Å²) in [5, 5.41) is 0. The Balaban J connectivity index is 0.000000298. The van der Waals surface area contributed by atoms with Crippen LogP contribution in [0.15, 0.2) is 0 Å². The Hall–Kier alpha value is 1.46. The average molecular weight is 510 g/mol. The van der Waals surface area contributed by atoms with E-state index < -0.39 is 13.5 Å². The molecule has 0 aliphatic heterocycles. The van der Waals surface area contributed by atoms with Crippen molar-refractivity contribution in [3.8, 4) is 0 Å².